The van der Waals surface area contributed by atoms with E-state index in [1.807, 2.05) is 6.92 Å². The van der Waals surface area contributed by atoms with Crippen molar-refractivity contribution in [3.63, 3.8) is 0 Å². The summed E-state index contributed by atoms with van der Waals surface area (Å²) in [5, 5.41) is 10.9. The molecule has 3 aromatic rings. The Morgan fingerprint density at radius 1 is 1.10 bits per heavy atom. The lowest BCUT2D eigenvalue weighted by molar-refractivity contribution is -0.137. The molecule has 0 aliphatic heterocycles. The van der Waals surface area contributed by atoms with Gasteiger partial charge in [-0.2, -0.15) is 13.2 Å². The predicted octanol–water partition coefficient (Wildman–Crippen LogP) is 5.50. The van der Waals surface area contributed by atoms with Crippen LogP contribution >= 0.6 is 23.1 Å². The maximum Gasteiger partial charge on any atom is 0.416 e. The van der Waals surface area contributed by atoms with Crippen LogP contribution in [0, 0.1) is 0 Å². The Bertz CT molecular complexity index is 958. The van der Waals surface area contributed by atoms with Gasteiger partial charge in [0.25, 0.3) is 5.91 Å². The summed E-state index contributed by atoms with van der Waals surface area (Å²) >= 11 is 2.53. The van der Waals surface area contributed by atoms with E-state index in [4.69, 9.17) is 4.74 Å². The lowest BCUT2D eigenvalue weighted by Crippen LogP contribution is -2.11. The molecule has 1 amide bonds. The van der Waals surface area contributed by atoms with Crippen LogP contribution < -0.4 is 10.1 Å². The Morgan fingerprint density at radius 3 is 2.41 bits per heavy atom. The second-order valence-corrected chi connectivity index (χ2v) is 7.97. The average molecular weight is 439 g/mol. The summed E-state index contributed by atoms with van der Waals surface area (Å²) in [5.41, 5.74) is 0.516. The van der Waals surface area contributed by atoms with E-state index >= 15 is 0 Å². The standard InChI is InChI=1S/C19H16F3N3O2S2/c1-2-27-15-9-5-13(6-10-15)16(26)23-17-24-25-18(29-17)28-11-12-3-7-14(8-4-12)19(20,21)22/h3-10H,2,11H2,1H3,(H,23,24,26). The van der Waals surface area contributed by atoms with Gasteiger partial charge < -0.3 is 4.74 Å². The van der Waals surface area contributed by atoms with E-state index in [1.54, 1.807) is 24.3 Å². The molecule has 0 aliphatic rings. The lowest BCUT2D eigenvalue weighted by Gasteiger charge is -2.06. The van der Waals surface area contributed by atoms with Crippen LogP contribution in [0.2, 0.25) is 0 Å². The molecule has 0 aliphatic carbocycles. The van der Waals surface area contributed by atoms with Gasteiger partial charge in [-0.25, -0.2) is 0 Å². The molecule has 29 heavy (non-hydrogen) atoms. The van der Waals surface area contributed by atoms with Crippen LogP contribution in [0.25, 0.3) is 0 Å². The fourth-order valence-corrected chi connectivity index (χ4v) is 3.99. The van der Waals surface area contributed by atoms with Gasteiger partial charge in [-0.05, 0) is 48.9 Å². The zero-order valence-electron chi connectivity index (χ0n) is 15.2. The molecule has 0 atom stereocenters. The van der Waals surface area contributed by atoms with Crippen molar-refractivity contribution in [2.45, 2.75) is 23.2 Å². The van der Waals surface area contributed by atoms with E-state index in [9.17, 15) is 18.0 Å². The molecule has 0 saturated carbocycles. The van der Waals surface area contributed by atoms with Crippen LogP contribution in [0.1, 0.15) is 28.4 Å². The van der Waals surface area contributed by atoms with Crippen molar-refractivity contribution in [2.75, 3.05) is 11.9 Å². The van der Waals surface area contributed by atoms with Gasteiger partial charge in [0.15, 0.2) is 4.34 Å². The zero-order valence-corrected chi connectivity index (χ0v) is 16.8. The van der Waals surface area contributed by atoms with Crippen LogP contribution in [-0.4, -0.2) is 22.7 Å². The summed E-state index contributed by atoms with van der Waals surface area (Å²) in [6, 6.07) is 11.7. The van der Waals surface area contributed by atoms with Crippen molar-refractivity contribution in [3.05, 3.63) is 65.2 Å². The summed E-state index contributed by atoms with van der Waals surface area (Å²) < 4.78 is 43.7. The molecule has 3 rings (SSSR count). The number of nitrogens with zero attached hydrogens (tertiary/aromatic N) is 2. The summed E-state index contributed by atoms with van der Waals surface area (Å²) in [5.74, 6) is 0.810. The Morgan fingerprint density at radius 2 is 1.79 bits per heavy atom. The third-order valence-corrected chi connectivity index (χ3v) is 5.74. The number of benzene rings is 2. The molecule has 0 saturated heterocycles. The highest BCUT2D eigenvalue weighted by Crippen LogP contribution is 2.31. The number of alkyl halides is 3. The first-order valence-electron chi connectivity index (χ1n) is 8.52. The normalized spacial score (nSPS) is 11.3. The molecule has 0 fully saturated rings. The molecule has 2 aromatic carbocycles. The number of anilines is 1. The number of amides is 1. The first-order chi connectivity index (χ1) is 13.8. The molecule has 1 aromatic heterocycles. The quantitative estimate of drug-likeness (QED) is 0.389. The maximum absolute atomic E-state index is 12.6. The number of carbonyl (C=O) groups excluding carboxylic acids is 1. The van der Waals surface area contributed by atoms with Crippen LogP contribution in [0.3, 0.4) is 0 Å². The van der Waals surface area contributed by atoms with Crippen LogP contribution in [0.15, 0.2) is 52.9 Å². The minimum atomic E-state index is -4.35. The van der Waals surface area contributed by atoms with Crippen molar-refractivity contribution in [1.29, 1.82) is 0 Å². The van der Waals surface area contributed by atoms with E-state index in [-0.39, 0.29) is 5.91 Å². The van der Waals surface area contributed by atoms with Gasteiger partial charge in [0.1, 0.15) is 5.75 Å². The minimum Gasteiger partial charge on any atom is -0.494 e. The van der Waals surface area contributed by atoms with Crippen molar-refractivity contribution < 1.29 is 22.7 Å². The summed E-state index contributed by atoms with van der Waals surface area (Å²) in [4.78, 5) is 12.3. The summed E-state index contributed by atoms with van der Waals surface area (Å²) in [7, 11) is 0. The molecule has 0 spiro atoms. The monoisotopic (exact) mass is 439 g/mol. The number of carbonyl (C=O) groups is 1. The summed E-state index contributed by atoms with van der Waals surface area (Å²) in [6.45, 7) is 2.42. The Hall–Kier alpha value is -2.59. The molecule has 1 N–H and O–H groups in total. The van der Waals surface area contributed by atoms with E-state index < -0.39 is 11.7 Å². The first kappa shape index (κ1) is 21.1. The first-order valence-corrected chi connectivity index (χ1v) is 10.3. The highest BCUT2D eigenvalue weighted by molar-refractivity contribution is 8.00. The summed E-state index contributed by atoms with van der Waals surface area (Å²) in [6.07, 6.45) is -4.35. The van der Waals surface area contributed by atoms with E-state index in [1.165, 1.54) is 35.2 Å². The van der Waals surface area contributed by atoms with Crippen LogP contribution in [0.5, 0.6) is 5.75 Å². The highest BCUT2D eigenvalue weighted by Gasteiger charge is 2.29. The van der Waals surface area contributed by atoms with Gasteiger partial charge in [-0.15, -0.1) is 10.2 Å². The largest absolute Gasteiger partial charge is 0.494 e. The van der Waals surface area contributed by atoms with Crippen molar-refractivity contribution in [1.82, 2.24) is 10.2 Å². The van der Waals surface area contributed by atoms with E-state index in [0.717, 1.165) is 17.7 Å². The molecule has 0 bridgehead atoms. The molecule has 152 valence electrons. The number of hydrogen-bond acceptors (Lipinski definition) is 6. The number of nitrogens with one attached hydrogen (secondary N) is 1. The average Bonchev–Trinajstić information content (AvgIpc) is 3.14. The molecule has 1 heterocycles. The highest BCUT2D eigenvalue weighted by atomic mass is 32.2. The number of thioether (sulfide) groups is 1. The number of rotatable bonds is 7. The number of ether oxygens (including phenoxy) is 1. The number of aromatic nitrogens is 2. The molecule has 0 unspecified atom stereocenters. The smallest absolute Gasteiger partial charge is 0.416 e. The van der Waals surface area contributed by atoms with Gasteiger partial charge in [-0.1, -0.05) is 35.2 Å². The van der Waals surface area contributed by atoms with Gasteiger partial charge in [-0.3, -0.25) is 10.1 Å². The van der Waals surface area contributed by atoms with Crippen LogP contribution in [0.4, 0.5) is 18.3 Å². The van der Waals surface area contributed by atoms with Gasteiger partial charge in [0.05, 0.1) is 12.2 Å². The second-order valence-electron chi connectivity index (χ2n) is 5.77. The van der Waals surface area contributed by atoms with E-state index in [0.29, 0.717) is 33.1 Å². The topological polar surface area (TPSA) is 64.1 Å². The van der Waals surface area contributed by atoms with Crippen molar-refractivity contribution >= 4 is 34.1 Å². The van der Waals surface area contributed by atoms with Gasteiger partial charge >= 0.3 is 6.18 Å². The van der Waals surface area contributed by atoms with Crippen molar-refractivity contribution in [3.8, 4) is 5.75 Å². The SMILES string of the molecule is CCOc1ccc(C(=O)Nc2nnc(SCc3ccc(C(F)(F)F)cc3)s2)cc1. The van der Waals surface area contributed by atoms with Crippen LogP contribution in [-0.2, 0) is 11.9 Å². The Labute approximate surface area is 173 Å². The van der Waals surface area contributed by atoms with Gasteiger partial charge in [0.2, 0.25) is 5.13 Å². The van der Waals surface area contributed by atoms with Gasteiger partial charge in [0, 0.05) is 11.3 Å². The third kappa shape index (κ3) is 5.94. The molecule has 10 heteroatoms. The molecular weight excluding hydrogens is 423 g/mol. The fourth-order valence-electron chi connectivity index (χ4n) is 2.29. The molecular formula is C19H16F3N3O2S2. The van der Waals surface area contributed by atoms with E-state index in [2.05, 4.69) is 15.5 Å². The number of halogens is 3. The molecule has 5 nitrogen and oxygen atoms in total. The second kappa shape index (κ2) is 9.27. The van der Waals surface area contributed by atoms with Crippen molar-refractivity contribution in [2.24, 2.45) is 0 Å². The number of hydrogen-bond donors (Lipinski definition) is 1. The minimum absolute atomic E-state index is 0.316. The zero-order chi connectivity index (χ0) is 20.9. The fraction of sp³-hybridized carbons (Fsp3) is 0.211. The Kier molecular flexibility index (Phi) is 6.75. The molecule has 0 radical (unpaired) electrons. The predicted molar refractivity (Wildman–Crippen MR) is 106 cm³/mol. The maximum atomic E-state index is 12.6. The lowest BCUT2D eigenvalue weighted by atomic mass is 10.1. The Balaban J connectivity index is 1.54. The third-order valence-electron chi connectivity index (χ3n) is 3.70.